The van der Waals surface area contributed by atoms with Gasteiger partial charge < -0.3 is 4.90 Å². The Hall–Kier alpha value is -1.12. The van der Waals surface area contributed by atoms with Gasteiger partial charge in [0.15, 0.2) is 0 Å². The number of rotatable bonds is 2. The monoisotopic (exact) mass is 163 g/mol. The molecule has 0 spiro atoms. The Bertz CT molecular complexity index is 251. The molecule has 0 aromatic carbocycles. The maximum atomic E-state index is 4.29. The molecule has 0 N–H and O–H groups in total. The Morgan fingerprint density at radius 3 is 2.42 bits per heavy atom. The number of nitrogens with zero attached hydrogens (tertiary/aromatic N) is 3. The lowest BCUT2D eigenvalue weighted by Gasteiger charge is -2.30. The van der Waals surface area contributed by atoms with Crippen molar-refractivity contribution in [3.05, 3.63) is 18.0 Å². The van der Waals surface area contributed by atoms with Crippen LogP contribution >= 0.6 is 0 Å². The van der Waals surface area contributed by atoms with E-state index >= 15 is 0 Å². The maximum absolute atomic E-state index is 4.29. The molecule has 12 heavy (non-hydrogen) atoms. The van der Waals surface area contributed by atoms with E-state index in [1.807, 2.05) is 12.4 Å². The second kappa shape index (κ2) is 3.09. The van der Waals surface area contributed by atoms with Gasteiger partial charge in [-0.3, -0.25) is 0 Å². The summed E-state index contributed by atoms with van der Waals surface area (Å²) in [7, 11) is 0. The summed E-state index contributed by atoms with van der Waals surface area (Å²) in [4.78, 5) is 10.8. The summed E-state index contributed by atoms with van der Waals surface area (Å²) in [5.74, 6) is 0.887. The van der Waals surface area contributed by atoms with Gasteiger partial charge in [0.1, 0.15) is 0 Å². The highest BCUT2D eigenvalue weighted by Gasteiger charge is 2.16. The van der Waals surface area contributed by atoms with Gasteiger partial charge in [-0.15, -0.1) is 0 Å². The van der Waals surface area contributed by atoms with E-state index < -0.39 is 0 Å². The van der Waals surface area contributed by atoms with Crippen molar-refractivity contribution < 1.29 is 0 Å². The lowest BCUT2D eigenvalue weighted by atomic mass is 10.2. The van der Waals surface area contributed by atoms with Crippen LogP contribution < -0.4 is 4.90 Å². The molecule has 1 aliphatic heterocycles. The molecule has 3 heteroatoms. The second-order valence-corrected chi connectivity index (χ2v) is 3.09. The SMILES string of the molecule is CCc1cnc(N2CCC2)nc1. The molecule has 2 heterocycles. The Balaban J connectivity index is 2.13. The topological polar surface area (TPSA) is 29.0 Å². The molecule has 2 rings (SSSR count). The first-order chi connectivity index (χ1) is 5.90. The quantitative estimate of drug-likeness (QED) is 0.657. The first-order valence-corrected chi connectivity index (χ1v) is 4.46. The van der Waals surface area contributed by atoms with Gasteiger partial charge in [-0.05, 0) is 18.4 Å². The highest BCUT2D eigenvalue weighted by Crippen LogP contribution is 2.14. The van der Waals surface area contributed by atoms with Gasteiger partial charge in [-0.1, -0.05) is 6.92 Å². The molecule has 0 radical (unpaired) electrons. The summed E-state index contributed by atoms with van der Waals surface area (Å²) in [6.07, 6.45) is 6.13. The molecule has 0 bridgehead atoms. The van der Waals surface area contributed by atoms with Gasteiger partial charge in [0.25, 0.3) is 0 Å². The van der Waals surface area contributed by atoms with E-state index in [-0.39, 0.29) is 0 Å². The van der Waals surface area contributed by atoms with Crippen molar-refractivity contribution in [2.75, 3.05) is 18.0 Å². The van der Waals surface area contributed by atoms with E-state index in [9.17, 15) is 0 Å². The fourth-order valence-corrected chi connectivity index (χ4v) is 1.21. The number of anilines is 1. The zero-order valence-electron chi connectivity index (χ0n) is 7.32. The lowest BCUT2D eigenvalue weighted by Crippen LogP contribution is -2.38. The first kappa shape index (κ1) is 7.53. The molecular formula is C9H13N3. The van der Waals surface area contributed by atoms with Gasteiger partial charge in [0.05, 0.1) is 0 Å². The van der Waals surface area contributed by atoms with Crippen LogP contribution in [0.1, 0.15) is 18.9 Å². The van der Waals surface area contributed by atoms with Crippen molar-refractivity contribution in [2.24, 2.45) is 0 Å². The zero-order valence-corrected chi connectivity index (χ0v) is 7.32. The fourth-order valence-electron chi connectivity index (χ4n) is 1.21. The fraction of sp³-hybridized carbons (Fsp3) is 0.556. The molecule has 1 aromatic heterocycles. The normalized spacial score (nSPS) is 15.9. The molecule has 1 saturated heterocycles. The predicted molar refractivity (Wildman–Crippen MR) is 48.2 cm³/mol. The number of aryl methyl sites for hydroxylation is 1. The second-order valence-electron chi connectivity index (χ2n) is 3.09. The molecule has 0 atom stereocenters. The van der Waals surface area contributed by atoms with E-state index in [1.54, 1.807) is 0 Å². The van der Waals surface area contributed by atoms with Gasteiger partial charge in [0, 0.05) is 25.5 Å². The van der Waals surface area contributed by atoms with Crippen LogP contribution in [-0.2, 0) is 6.42 Å². The summed E-state index contributed by atoms with van der Waals surface area (Å²) >= 11 is 0. The van der Waals surface area contributed by atoms with Crippen molar-refractivity contribution in [1.82, 2.24) is 9.97 Å². The highest BCUT2D eigenvalue weighted by molar-refractivity contribution is 5.32. The van der Waals surface area contributed by atoms with Gasteiger partial charge in [0.2, 0.25) is 5.95 Å². The minimum absolute atomic E-state index is 0.887. The van der Waals surface area contributed by atoms with Crippen LogP contribution in [0, 0.1) is 0 Å². The summed E-state index contributed by atoms with van der Waals surface area (Å²) in [5.41, 5.74) is 1.21. The number of hydrogen-bond acceptors (Lipinski definition) is 3. The first-order valence-electron chi connectivity index (χ1n) is 4.46. The molecular weight excluding hydrogens is 150 g/mol. The highest BCUT2D eigenvalue weighted by atomic mass is 15.3. The Morgan fingerprint density at radius 1 is 1.33 bits per heavy atom. The van der Waals surface area contributed by atoms with E-state index in [2.05, 4.69) is 21.8 Å². The molecule has 1 aliphatic rings. The van der Waals surface area contributed by atoms with E-state index in [4.69, 9.17) is 0 Å². The molecule has 0 unspecified atom stereocenters. The van der Waals surface area contributed by atoms with Gasteiger partial charge >= 0.3 is 0 Å². The van der Waals surface area contributed by atoms with Crippen LogP contribution in [0.15, 0.2) is 12.4 Å². The van der Waals surface area contributed by atoms with Crippen LogP contribution in [0.2, 0.25) is 0 Å². The average molecular weight is 163 g/mol. The van der Waals surface area contributed by atoms with E-state index in [1.165, 1.54) is 12.0 Å². The summed E-state index contributed by atoms with van der Waals surface area (Å²) in [6, 6.07) is 0. The van der Waals surface area contributed by atoms with Crippen molar-refractivity contribution >= 4 is 5.95 Å². The Kier molecular flexibility index (Phi) is 1.94. The molecule has 64 valence electrons. The van der Waals surface area contributed by atoms with Crippen LogP contribution in [0.5, 0.6) is 0 Å². The van der Waals surface area contributed by atoms with Gasteiger partial charge in [-0.25, -0.2) is 9.97 Å². The van der Waals surface area contributed by atoms with E-state index in [0.717, 1.165) is 25.5 Å². The van der Waals surface area contributed by atoms with Crippen LogP contribution in [-0.4, -0.2) is 23.1 Å². The Labute approximate surface area is 72.4 Å². The predicted octanol–water partition coefficient (Wildman–Crippen LogP) is 1.25. The molecule has 0 aliphatic carbocycles. The lowest BCUT2D eigenvalue weighted by molar-refractivity contribution is 0.599. The standard InChI is InChI=1S/C9H13N3/c1-2-8-6-10-9(11-7-8)12-4-3-5-12/h6-7H,2-5H2,1H3. The maximum Gasteiger partial charge on any atom is 0.225 e. The number of hydrogen-bond donors (Lipinski definition) is 0. The average Bonchev–Trinajstić information content (AvgIpc) is 2.03. The summed E-state index contributed by atoms with van der Waals surface area (Å²) in [5, 5.41) is 0. The third kappa shape index (κ3) is 1.26. The molecule has 3 nitrogen and oxygen atoms in total. The van der Waals surface area contributed by atoms with Crippen LogP contribution in [0.25, 0.3) is 0 Å². The molecule has 1 aromatic rings. The van der Waals surface area contributed by atoms with Crippen molar-refractivity contribution in [3.8, 4) is 0 Å². The van der Waals surface area contributed by atoms with Gasteiger partial charge in [-0.2, -0.15) is 0 Å². The van der Waals surface area contributed by atoms with Crippen molar-refractivity contribution in [1.29, 1.82) is 0 Å². The van der Waals surface area contributed by atoms with Crippen molar-refractivity contribution in [2.45, 2.75) is 19.8 Å². The smallest absolute Gasteiger partial charge is 0.225 e. The van der Waals surface area contributed by atoms with Crippen LogP contribution in [0.4, 0.5) is 5.95 Å². The third-order valence-electron chi connectivity index (χ3n) is 2.24. The molecule has 0 saturated carbocycles. The summed E-state index contributed by atoms with van der Waals surface area (Å²) in [6.45, 7) is 4.35. The minimum atomic E-state index is 0.887. The Morgan fingerprint density at radius 2 is 2.00 bits per heavy atom. The van der Waals surface area contributed by atoms with Crippen LogP contribution in [0.3, 0.4) is 0 Å². The third-order valence-corrected chi connectivity index (χ3v) is 2.24. The minimum Gasteiger partial charge on any atom is -0.341 e. The molecule has 0 amide bonds. The molecule has 1 fully saturated rings. The van der Waals surface area contributed by atoms with Crippen molar-refractivity contribution in [3.63, 3.8) is 0 Å². The number of aromatic nitrogens is 2. The summed E-state index contributed by atoms with van der Waals surface area (Å²) < 4.78 is 0. The zero-order chi connectivity index (χ0) is 8.39. The largest absolute Gasteiger partial charge is 0.341 e. The van der Waals surface area contributed by atoms with E-state index in [0.29, 0.717) is 0 Å².